The van der Waals surface area contributed by atoms with Crippen LogP contribution >= 0.6 is 0 Å². The maximum Gasteiger partial charge on any atom is 0.407 e. The molecule has 32 heavy (non-hydrogen) atoms. The zero-order chi connectivity index (χ0) is 23.5. The number of amides is 1. The van der Waals surface area contributed by atoms with Crippen LogP contribution in [-0.4, -0.2) is 47.9 Å². The molecule has 0 aliphatic carbocycles. The molecule has 3 N–H and O–H groups in total. The third kappa shape index (κ3) is 5.46. The van der Waals surface area contributed by atoms with Crippen LogP contribution in [0.25, 0.3) is 0 Å². The summed E-state index contributed by atoms with van der Waals surface area (Å²) in [4.78, 5) is 49.8. The van der Waals surface area contributed by atoms with Crippen molar-refractivity contribution < 1.29 is 19.4 Å². The Kier molecular flexibility index (Phi) is 6.86. The lowest BCUT2D eigenvalue weighted by molar-refractivity contribution is -0.138. The lowest BCUT2D eigenvalue weighted by Gasteiger charge is -2.28. The number of carbonyl (C=O) groups excluding carboxylic acids is 1. The van der Waals surface area contributed by atoms with E-state index in [1.54, 1.807) is 20.8 Å². The number of benzene rings is 1. The Morgan fingerprint density at radius 3 is 2.50 bits per heavy atom. The van der Waals surface area contributed by atoms with Gasteiger partial charge in [0.25, 0.3) is 10.9 Å². The zero-order valence-corrected chi connectivity index (χ0v) is 18.5. The first kappa shape index (κ1) is 23.3. The molecule has 1 amide bonds. The SMILES string of the molecule is CC(C)(C)OC(=O)N[C@H](CNc1c(N2CCC[C@H]2C(=O)O)c(=O)c1=O)Cc1ccccc1. The van der Waals surface area contributed by atoms with Gasteiger partial charge < -0.3 is 25.4 Å². The minimum atomic E-state index is -1.02. The van der Waals surface area contributed by atoms with Crippen LogP contribution in [0.3, 0.4) is 0 Å². The maximum absolute atomic E-state index is 12.3. The summed E-state index contributed by atoms with van der Waals surface area (Å²) in [5.74, 6) is -1.02. The predicted octanol–water partition coefficient (Wildman–Crippen LogP) is 1.88. The molecule has 2 atom stereocenters. The second-order valence-corrected chi connectivity index (χ2v) is 8.99. The van der Waals surface area contributed by atoms with Crippen LogP contribution in [0.15, 0.2) is 39.9 Å². The van der Waals surface area contributed by atoms with Gasteiger partial charge in [-0.25, -0.2) is 9.59 Å². The minimum absolute atomic E-state index is 0.104. The topological polar surface area (TPSA) is 125 Å². The van der Waals surface area contributed by atoms with E-state index < -0.39 is 40.6 Å². The number of anilines is 2. The van der Waals surface area contributed by atoms with Gasteiger partial charge >= 0.3 is 12.1 Å². The van der Waals surface area contributed by atoms with Crippen molar-refractivity contribution in [2.24, 2.45) is 0 Å². The summed E-state index contributed by atoms with van der Waals surface area (Å²) in [6.07, 6.45) is 0.936. The molecule has 172 valence electrons. The average Bonchev–Trinajstić information content (AvgIpc) is 3.18. The smallest absolute Gasteiger partial charge is 0.407 e. The quantitative estimate of drug-likeness (QED) is 0.528. The molecule has 0 unspecified atom stereocenters. The number of nitrogens with zero attached hydrogens (tertiary/aromatic N) is 1. The van der Waals surface area contributed by atoms with Gasteiger partial charge in [0.05, 0.1) is 6.04 Å². The lowest BCUT2D eigenvalue weighted by atomic mass is 10.1. The van der Waals surface area contributed by atoms with Gasteiger partial charge in [-0.1, -0.05) is 30.3 Å². The summed E-state index contributed by atoms with van der Waals surface area (Å²) in [7, 11) is 0. The second kappa shape index (κ2) is 9.42. The Hall–Kier alpha value is -3.36. The molecule has 9 nitrogen and oxygen atoms in total. The fourth-order valence-electron chi connectivity index (χ4n) is 3.88. The first-order valence-electron chi connectivity index (χ1n) is 10.7. The molecule has 1 fully saturated rings. The van der Waals surface area contributed by atoms with Crippen molar-refractivity contribution in [3.05, 3.63) is 56.3 Å². The molecule has 0 saturated carbocycles. The first-order chi connectivity index (χ1) is 15.1. The molecular formula is C23H29N3O6. The molecule has 1 aliphatic heterocycles. The fraction of sp³-hybridized carbons (Fsp3) is 0.478. The van der Waals surface area contributed by atoms with Gasteiger partial charge in [-0.3, -0.25) is 9.59 Å². The van der Waals surface area contributed by atoms with Gasteiger partial charge in [0, 0.05) is 13.1 Å². The molecule has 1 aliphatic rings. The van der Waals surface area contributed by atoms with Crippen molar-refractivity contribution in [1.29, 1.82) is 0 Å². The molecule has 9 heteroatoms. The summed E-state index contributed by atoms with van der Waals surface area (Å²) in [6.45, 7) is 5.86. The number of ether oxygens (including phenoxy) is 1. The molecule has 3 rings (SSSR count). The van der Waals surface area contributed by atoms with E-state index in [1.807, 2.05) is 30.3 Å². The Morgan fingerprint density at radius 2 is 1.88 bits per heavy atom. The van der Waals surface area contributed by atoms with E-state index >= 15 is 0 Å². The third-order valence-corrected chi connectivity index (χ3v) is 5.28. The Bertz CT molecular complexity index is 1040. The molecule has 0 radical (unpaired) electrons. The van der Waals surface area contributed by atoms with E-state index in [9.17, 15) is 24.3 Å². The van der Waals surface area contributed by atoms with Gasteiger partial charge in [-0.2, -0.15) is 0 Å². The second-order valence-electron chi connectivity index (χ2n) is 8.99. The molecule has 1 saturated heterocycles. The third-order valence-electron chi connectivity index (χ3n) is 5.28. The number of nitrogens with one attached hydrogen (secondary N) is 2. The summed E-state index contributed by atoms with van der Waals surface area (Å²) in [6, 6.07) is 8.27. The molecule has 2 aromatic carbocycles. The summed E-state index contributed by atoms with van der Waals surface area (Å²) in [5, 5.41) is 15.2. The normalized spacial score (nSPS) is 17.2. The highest BCUT2D eigenvalue weighted by Crippen LogP contribution is 2.28. The number of carboxylic acid groups (broad SMARTS) is 1. The fourth-order valence-corrected chi connectivity index (χ4v) is 3.88. The number of carboxylic acids is 1. The largest absolute Gasteiger partial charge is 0.480 e. The number of alkyl carbamates (subject to hydrolysis) is 1. The Morgan fingerprint density at radius 1 is 1.19 bits per heavy atom. The van der Waals surface area contributed by atoms with Crippen LogP contribution in [0.2, 0.25) is 0 Å². The van der Waals surface area contributed by atoms with Crippen molar-refractivity contribution in [3.63, 3.8) is 0 Å². The van der Waals surface area contributed by atoms with E-state index in [4.69, 9.17) is 4.74 Å². The molecular weight excluding hydrogens is 414 g/mol. The van der Waals surface area contributed by atoms with Crippen LogP contribution in [0.5, 0.6) is 0 Å². The van der Waals surface area contributed by atoms with Gasteiger partial charge in [0.1, 0.15) is 23.0 Å². The predicted molar refractivity (Wildman–Crippen MR) is 121 cm³/mol. The first-order valence-corrected chi connectivity index (χ1v) is 10.7. The number of aliphatic carboxylic acids is 1. The summed E-state index contributed by atoms with van der Waals surface area (Å²) >= 11 is 0. The van der Waals surface area contributed by atoms with Crippen molar-refractivity contribution in [3.8, 4) is 0 Å². The van der Waals surface area contributed by atoms with Crippen molar-refractivity contribution in [2.75, 3.05) is 23.3 Å². The van der Waals surface area contributed by atoms with Gasteiger partial charge in [0.15, 0.2) is 0 Å². The lowest BCUT2D eigenvalue weighted by Crippen LogP contribution is -2.48. The van der Waals surface area contributed by atoms with Crippen LogP contribution in [0.4, 0.5) is 16.2 Å². The molecule has 1 heterocycles. The van der Waals surface area contributed by atoms with E-state index in [1.165, 1.54) is 4.90 Å². The van der Waals surface area contributed by atoms with Crippen LogP contribution in [0.1, 0.15) is 39.2 Å². The molecule has 2 aromatic rings. The van der Waals surface area contributed by atoms with Crippen molar-refractivity contribution >= 4 is 23.4 Å². The molecule has 0 spiro atoms. The molecule has 0 bridgehead atoms. The van der Waals surface area contributed by atoms with Gasteiger partial charge in [-0.05, 0) is 45.6 Å². The van der Waals surface area contributed by atoms with Gasteiger partial charge in [-0.15, -0.1) is 0 Å². The number of hydrogen-bond donors (Lipinski definition) is 3. The summed E-state index contributed by atoms with van der Waals surface area (Å²) < 4.78 is 5.35. The highest BCUT2D eigenvalue weighted by molar-refractivity contribution is 5.84. The Balaban J connectivity index is 1.75. The highest BCUT2D eigenvalue weighted by atomic mass is 16.6. The maximum atomic E-state index is 12.3. The van der Waals surface area contributed by atoms with Crippen LogP contribution in [-0.2, 0) is 16.0 Å². The van der Waals surface area contributed by atoms with E-state index in [0.717, 1.165) is 5.56 Å². The van der Waals surface area contributed by atoms with Gasteiger partial charge in [0.2, 0.25) is 0 Å². The minimum Gasteiger partial charge on any atom is -0.480 e. The Labute approximate surface area is 186 Å². The summed E-state index contributed by atoms with van der Waals surface area (Å²) in [5.41, 5.74) is -0.816. The monoisotopic (exact) mass is 443 g/mol. The number of rotatable bonds is 8. The van der Waals surface area contributed by atoms with E-state index in [0.29, 0.717) is 25.8 Å². The van der Waals surface area contributed by atoms with Crippen molar-refractivity contribution in [2.45, 2.75) is 57.7 Å². The highest BCUT2D eigenvalue weighted by Gasteiger charge is 2.37. The van der Waals surface area contributed by atoms with Crippen molar-refractivity contribution in [1.82, 2.24) is 5.32 Å². The van der Waals surface area contributed by atoms with Crippen LogP contribution in [0, 0.1) is 0 Å². The number of hydrogen-bond acceptors (Lipinski definition) is 7. The standard InChI is InChI=1S/C23H29N3O6/c1-23(2,3)32-22(31)25-15(12-14-8-5-4-6-9-14)13-24-17-18(20(28)19(17)27)26-11-7-10-16(26)21(29)30/h4-6,8-9,15-16,24H,7,10-13H2,1-3H3,(H,25,31)(H,29,30)/t15-,16-/m0/s1. The van der Waals surface area contributed by atoms with E-state index in [-0.39, 0.29) is 17.9 Å². The zero-order valence-electron chi connectivity index (χ0n) is 18.5. The average molecular weight is 444 g/mol. The molecule has 0 aromatic heterocycles. The number of carbonyl (C=O) groups is 2. The van der Waals surface area contributed by atoms with E-state index in [2.05, 4.69) is 10.6 Å². The van der Waals surface area contributed by atoms with Crippen LogP contribution < -0.4 is 26.4 Å².